The fourth-order valence-corrected chi connectivity index (χ4v) is 4.01. The highest BCUT2D eigenvalue weighted by Gasteiger charge is 2.20. The Kier molecular flexibility index (Phi) is 6.37. The van der Waals surface area contributed by atoms with Gasteiger partial charge in [-0.25, -0.2) is 4.39 Å². The van der Waals surface area contributed by atoms with Crippen molar-refractivity contribution in [1.29, 1.82) is 0 Å². The summed E-state index contributed by atoms with van der Waals surface area (Å²) in [6.45, 7) is 2.37. The number of halogens is 1. The van der Waals surface area contributed by atoms with Crippen molar-refractivity contribution < 1.29 is 9.18 Å². The van der Waals surface area contributed by atoms with Crippen molar-refractivity contribution in [2.45, 2.75) is 12.1 Å². The Morgan fingerprint density at radius 3 is 2.48 bits per heavy atom. The number of hydrogen-bond acceptors (Lipinski definition) is 5. The molecule has 0 spiro atoms. The van der Waals surface area contributed by atoms with Gasteiger partial charge in [-0.2, -0.15) is 0 Å². The number of thioether (sulfide) groups is 1. The lowest BCUT2D eigenvalue weighted by Crippen LogP contribution is -2.32. The van der Waals surface area contributed by atoms with Crippen molar-refractivity contribution in [3.05, 3.63) is 84.9 Å². The average molecular weight is 434 g/mol. The van der Waals surface area contributed by atoms with Crippen molar-refractivity contribution in [2.75, 3.05) is 17.2 Å². The lowest BCUT2D eigenvalue weighted by Gasteiger charge is -2.20. The topological polar surface area (TPSA) is 63.9 Å². The molecule has 4 aromatic rings. The Labute approximate surface area is 183 Å². The molecule has 31 heavy (non-hydrogen) atoms. The average Bonchev–Trinajstić information content (AvgIpc) is 3.24. The van der Waals surface area contributed by atoms with Crippen LogP contribution in [0.2, 0.25) is 0 Å². The summed E-state index contributed by atoms with van der Waals surface area (Å²) < 4.78 is 15.2. The van der Waals surface area contributed by atoms with E-state index >= 15 is 0 Å². The van der Waals surface area contributed by atoms with E-state index < -0.39 is 0 Å². The second-order valence-electron chi connectivity index (χ2n) is 6.62. The molecule has 0 radical (unpaired) electrons. The zero-order valence-corrected chi connectivity index (χ0v) is 17.7. The van der Waals surface area contributed by atoms with Crippen LogP contribution in [-0.4, -0.2) is 38.0 Å². The lowest BCUT2D eigenvalue weighted by atomic mass is 10.2. The van der Waals surface area contributed by atoms with Crippen LogP contribution in [0.3, 0.4) is 0 Å². The molecule has 1 amide bonds. The summed E-state index contributed by atoms with van der Waals surface area (Å²) in [4.78, 5) is 18.7. The Morgan fingerprint density at radius 1 is 1.03 bits per heavy atom. The smallest absolute Gasteiger partial charge is 0.237 e. The number of anilines is 1. The zero-order valence-electron chi connectivity index (χ0n) is 16.9. The van der Waals surface area contributed by atoms with Gasteiger partial charge in [0.1, 0.15) is 5.82 Å². The van der Waals surface area contributed by atoms with Crippen LogP contribution in [0, 0.1) is 5.82 Å². The Bertz CT molecular complexity index is 1150. The maximum absolute atomic E-state index is 13.2. The fourth-order valence-electron chi connectivity index (χ4n) is 3.18. The number of para-hydroxylation sites is 1. The molecule has 8 heteroatoms. The predicted molar refractivity (Wildman–Crippen MR) is 120 cm³/mol. The van der Waals surface area contributed by atoms with Crippen LogP contribution in [0.4, 0.5) is 10.1 Å². The number of nitrogens with zero attached hydrogens (tertiary/aromatic N) is 5. The normalized spacial score (nSPS) is 10.8. The monoisotopic (exact) mass is 433 g/mol. The molecule has 0 fully saturated rings. The third-order valence-electron chi connectivity index (χ3n) is 4.65. The molecular weight excluding hydrogens is 413 g/mol. The van der Waals surface area contributed by atoms with E-state index in [0.717, 1.165) is 11.3 Å². The quantitative estimate of drug-likeness (QED) is 0.398. The maximum Gasteiger partial charge on any atom is 0.237 e. The van der Waals surface area contributed by atoms with Gasteiger partial charge in [0.15, 0.2) is 11.0 Å². The number of carbonyl (C=O) groups excluding carboxylic acids is 1. The molecule has 2 aromatic heterocycles. The molecule has 2 heterocycles. The second kappa shape index (κ2) is 9.53. The SMILES string of the molecule is CCN(C(=O)CSc1nnc(-c2cccnc2)n1-c1ccccc1)c1ccc(F)cc1. The number of rotatable bonds is 7. The molecule has 0 aliphatic carbocycles. The van der Waals surface area contributed by atoms with Gasteiger partial charge in [-0.05, 0) is 55.5 Å². The van der Waals surface area contributed by atoms with Crippen molar-refractivity contribution in [3.8, 4) is 17.1 Å². The minimum absolute atomic E-state index is 0.0929. The van der Waals surface area contributed by atoms with E-state index in [1.54, 1.807) is 29.4 Å². The van der Waals surface area contributed by atoms with Crippen molar-refractivity contribution in [2.24, 2.45) is 0 Å². The van der Waals surface area contributed by atoms with Crippen LogP contribution in [0.25, 0.3) is 17.1 Å². The van der Waals surface area contributed by atoms with Gasteiger partial charge in [0.25, 0.3) is 0 Å². The first-order chi connectivity index (χ1) is 15.2. The number of carbonyl (C=O) groups is 1. The number of amides is 1. The highest BCUT2D eigenvalue weighted by atomic mass is 32.2. The van der Waals surface area contributed by atoms with E-state index in [-0.39, 0.29) is 17.5 Å². The number of benzene rings is 2. The van der Waals surface area contributed by atoms with Gasteiger partial charge in [-0.15, -0.1) is 10.2 Å². The highest BCUT2D eigenvalue weighted by molar-refractivity contribution is 7.99. The fraction of sp³-hybridized carbons (Fsp3) is 0.130. The Morgan fingerprint density at radius 2 is 1.81 bits per heavy atom. The van der Waals surface area contributed by atoms with Crippen LogP contribution >= 0.6 is 11.8 Å². The van der Waals surface area contributed by atoms with E-state index in [1.165, 1.54) is 23.9 Å². The first-order valence-electron chi connectivity index (χ1n) is 9.77. The van der Waals surface area contributed by atoms with E-state index in [1.807, 2.05) is 54.0 Å². The minimum Gasteiger partial charge on any atom is -0.312 e. The summed E-state index contributed by atoms with van der Waals surface area (Å²) in [7, 11) is 0. The number of aromatic nitrogens is 4. The number of pyridine rings is 1. The molecule has 0 N–H and O–H groups in total. The second-order valence-corrected chi connectivity index (χ2v) is 7.56. The van der Waals surface area contributed by atoms with Gasteiger partial charge in [0, 0.05) is 35.9 Å². The maximum atomic E-state index is 13.2. The molecule has 0 atom stereocenters. The van der Waals surface area contributed by atoms with Gasteiger partial charge in [0.05, 0.1) is 5.75 Å². The van der Waals surface area contributed by atoms with Gasteiger partial charge in [0.2, 0.25) is 5.91 Å². The largest absolute Gasteiger partial charge is 0.312 e. The van der Waals surface area contributed by atoms with Crippen molar-refractivity contribution in [3.63, 3.8) is 0 Å². The first-order valence-corrected chi connectivity index (χ1v) is 10.8. The summed E-state index contributed by atoms with van der Waals surface area (Å²) in [5, 5.41) is 9.30. The molecule has 4 rings (SSSR count). The van der Waals surface area contributed by atoms with Gasteiger partial charge >= 0.3 is 0 Å². The van der Waals surface area contributed by atoms with E-state index in [2.05, 4.69) is 15.2 Å². The molecule has 0 saturated heterocycles. The van der Waals surface area contributed by atoms with Crippen LogP contribution in [0.15, 0.2) is 84.3 Å². The Hall–Kier alpha value is -3.52. The molecule has 0 unspecified atom stereocenters. The van der Waals surface area contributed by atoms with Gasteiger partial charge < -0.3 is 4.90 Å². The molecule has 156 valence electrons. The van der Waals surface area contributed by atoms with Crippen molar-refractivity contribution >= 4 is 23.4 Å². The molecule has 0 saturated carbocycles. The minimum atomic E-state index is -0.333. The van der Waals surface area contributed by atoms with Gasteiger partial charge in [-0.3, -0.25) is 14.3 Å². The summed E-state index contributed by atoms with van der Waals surface area (Å²) in [5.74, 6) is 0.397. The third kappa shape index (κ3) is 4.64. The zero-order chi connectivity index (χ0) is 21.6. The molecule has 0 aliphatic heterocycles. The van der Waals surface area contributed by atoms with Crippen LogP contribution < -0.4 is 4.90 Å². The lowest BCUT2D eigenvalue weighted by molar-refractivity contribution is -0.116. The predicted octanol–water partition coefficient (Wildman–Crippen LogP) is 4.61. The number of hydrogen-bond donors (Lipinski definition) is 0. The van der Waals surface area contributed by atoms with Crippen molar-refractivity contribution in [1.82, 2.24) is 19.7 Å². The summed E-state index contributed by atoms with van der Waals surface area (Å²) in [5.41, 5.74) is 2.39. The molecule has 0 aliphatic rings. The Balaban J connectivity index is 1.60. The van der Waals surface area contributed by atoms with Gasteiger partial charge in [-0.1, -0.05) is 30.0 Å². The van der Waals surface area contributed by atoms with Crippen LogP contribution in [-0.2, 0) is 4.79 Å². The standard InChI is InChI=1S/C23H20FN5OS/c1-2-28(19-12-10-18(24)11-13-19)21(30)16-31-23-27-26-22(17-7-6-14-25-15-17)29(23)20-8-4-3-5-9-20/h3-15H,2,16H2,1H3. The summed E-state index contributed by atoms with van der Waals surface area (Å²) in [6, 6.07) is 19.4. The summed E-state index contributed by atoms with van der Waals surface area (Å²) in [6.07, 6.45) is 3.44. The molecule has 6 nitrogen and oxygen atoms in total. The molecular formula is C23H20FN5OS. The van der Waals surface area contributed by atoms with Crippen LogP contribution in [0.5, 0.6) is 0 Å². The summed E-state index contributed by atoms with van der Waals surface area (Å²) >= 11 is 1.31. The van der Waals surface area contributed by atoms with E-state index in [9.17, 15) is 9.18 Å². The highest BCUT2D eigenvalue weighted by Crippen LogP contribution is 2.28. The third-order valence-corrected chi connectivity index (χ3v) is 5.56. The van der Waals surface area contributed by atoms with E-state index in [4.69, 9.17) is 0 Å². The molecule has 0 bridgehead atoms. The van der Waals surface area contributed by atoms with E-state index in [0.29, 0.717) is 23.2 Å². The van der Waals surface area contributed by atoms with Crippen LogP contribution in [0.1, 0.15) is 6.92 Å². The first kappa shape index (κ1) is 20.7. The molecule has 2 aromatic carbocycles.